The first-order valence-corrected chi connectivity index (χ1v) is 4.59. The number of nitrogens with one attached hydrogen (secondary N) is 2. The molecule has 70 valence electrons. The van der Waals surface area contributed by atoms with Gasteiger partial charge >= 0.3 is 0 Å². The van der Waals surface area contributed by atoms with E-state index in [9.17, 15) is 0 Å². The molecule has 0 radical (unpaired) electrons. The van der Waals surface area contributed by atoms with E-state index in [0.29, 0.717) is 12.1 Å². The van der Waals surface area contributed by atoms with Crippen LogP contribution >= 0.6 is 0 Å². The first-order valence-electron chi connectivity index (χ1n) is 4.59. The molecule has 2 aliphatic heterocycles. The smallest absolute Gasteiger partial charge is 0.0481 e. The number of hydrogen-bond acceptors (Lipinski definition) is 4. The summed E-state index contributed by atoms with van der Waals surface area (Å²) in [6.07, 6.45) is 0. The van der Waals surface area contributed by atoms with E-state index in [0.717, 1.165) is 13.3 Å². The fourth-order valence-corrected chi connectivity index (χ4v) is 2.01. The van der Waals surface area contributed by atoms with Crippen molar-refractivity contribution >= 4 is 0 Å². The molecule has 2 aliphatic rings. The second-order valence-corrected chi connectivity index (χ2v) is 4.01. The summed E-state index contributed by atoms with van der Waals surface area (Å²) >= 11 is 0. The van der Waals surface area contributed by atoms with Crippen molar-refractivity contribution in [2.75, 3.05) is 40.5 Å². The van der Waals surface area contributed by atoms with Crippen LogP contribution < -0.4 is 10.6 Å². The van der Waals surface area contributed by atoms with Crippen molar-refractivity contribution in [2.45, 2.75) is 12.1 Å². The van der Waals surface area contributed by atoms with Gasteiger partial charge in [-0.2, -0.15) is 0 Å². The van der Waals surface area contributed by atoms with Crippen molar-refractivity contribution in [1.82, 2.24) is 20.4 Å². The molecular formula is C8H18N4. The van der Waals surface area contributed by atoms with E-state index in [1.807, 2.05) is 0 Å². The molecule has 0 aromatic carbocycles. The Kier molecular flexibility index (Phi) is 2.32. The van der Waals surface area contributed by atoms with Crippen LogP contribution in [0.1, 0.15) is 0 Å². The predicted octanol–water partition coefficient (Wildman–Crippen LogP) is -1.29. The average Bonchev–Trinajstić information content (AvgIpc) is 2.05. The van der Waals surface area contributed by atoms with E-state index >= 15 is 0 Å². The SMILES string of the molecule is CN1CN[C@@H]2CN(C)CN[C@@H]2C1. The maximum atomic E-state index is 3.52. The number of fused-ring (bicyclic) bond motifs is 1. The first-order chi connectivity index (χ1) is 5.75. The van der Waals surface area contributed by atoms with Gasteiger partial charge in [-0.05, 0) is 14.1 Å². The molecule has 0 aliphatic carbocycles. The molecule has 12 heavy (non-hydrogen) atoms. The summed E-state index contributed by atoms with van der Waals surface area (Å²) in [6.45, 7) is 4.39. The zero-order chi connectivity index (χ0) is 8.55. The summed E-state index contributed by atoms with van der Waals surface area (Å²) in [5.74, 6) is 0. The summed E-state index contributed by atoms with van der Waals surface area (Å²) in [4.78, 5) is 4.64. The molecule has 0 aromatic heterocycles. The third-order valence-corrected chi connectivity index (χ3v) is 2.75. The van der Waals surface area contributed by atoms with E-state index < -0.39 is 0 Å². The van der Waals surface area contributed by atoms with Crippen molar-refractivity contribution in [3.05, 3.63) is 0 Å². The zero-order valence-electron chi connectivity index (χ0n) is 7.88. The molecule has 0 amide bonds. The molecule has 2 atom stereocenters. The van der Waals surface area contributed by atoms with Crippen molar-refractivity contribution in [3.63, 3.8) is 0 Å². The zero-order valence-corrected chi connectivity index (χ0v) is 7.88. The Bertz CT molecular complexity index is 143. The number of likely N-dealkylation sites (N-methyl/N-ethyl adjacent to an activating group) is 2. The maximum Gasteiger partial charge on any atom is 0.0481 e. The third-order valence-electron chi connectivity index (χ3n) is 2.75. The summed E-state index contributed by atoms with van der Waals surface area (Å²) in [5, 5.41) is 7.05. The Labute approximate surface area is 73.9 Å². The Hall–Kier alpha value is -0.160. The summed E-state index contributed by atoms with van der Waals surface area (Å²) < 4.78 is 0. The van der Waals surface area contributed by atoms with Crippen molar-refractivity contribution in [3.8, 4) is 0 Å². The highest BCUT2D eigenvalue weighted by molar-refractivity contribution is 4.92. The van der Waals surface area contributed by atoms with Gasteiger partial charge in [0, 0.05) is 38.5 Å². The van der Waals surface area contributed by atoms with Crippen LogP contribution in [0, 0.1) is 0 Å². The Balaban J connectivity index is 1.94. The second kappa shape index (κ2) is 3.30. The van der Waals surface area contributed by atoms with Crippen LogP contribution in [0.3, 0.4) is 0 Å². The minimum Gasteiger partial charge on any atom is -0.299 e. The molecule has 0 spiro atoms. The molecule has 2 saturated heterocycles. The van der Waals surface area contributed by atoms with E-state index in [1.54, 1.807) is 0 Å². The third kappa shape index (κ3) is 1.61. The van der Waals surface area contributed by atoms with Gasteiger partial charge < -0.3 is 0 Å². The van der Waals surface area contributed by atoms with Gasteiger partial charge in [-0.25, -0.2) is 0 Å². The molecule has 0 saturated carbocycles. The van der Waals surface area contributed by atoms with Gasteiger partial charge in [-0.15, -0.1) is 0 Å². The fraction of sp³-hybridized carbons (Fsp3) is 1.00. The first kappa shape index (κ1) is 8.44. The molecule has 4 heteroatoms. The molecule has 2 fully saturated rings. The highest BCUT2D eigenvalue weighted by Gasteiger charge is 2.30. The van der Waals surface area contributed by atoms with Gasteiger partial charge in [-0.3, -0.25) is 20.4 Å². The van der Waals surface area contributed by atoms with Crippen LogP contribution in [-0.2, 0) is 0 Å². The minimum atomic E-state index is 0.639. The number of nitrogens with zero attached hydrogens (tertiary/aromatic N) is 2. The lowest BCUT2D eigenvalue weighted by atomic mass is 10.0. The van der Waals surface area contributed by atoms with E-state index in [2.05, 4.69) is 34.5 Å². The molecule has 2 rings (SSSR count). The quantitative estimate of drug-likeness (QED) is 0.473. The fourth-order valence-electron chi connectivity index (χ4n) is 2.01. The van der Waals surface area contributed by atoms with Gasteiger partial charge in [0.2, 0.25) is 0 Å². The maximum absolute atomic E-state index is 3.52. The van der Waals surface area contributed by atoms with Crippen LogP contribution in [0.15, 0.2) is 0 Å². The number of hydrogen-bond donors (Lipinski definition) is 2. The Morgan fingerprint density at radius 3 is 1.75 bits per heavy atom. The second-order valence-electron chi connectivity index (χ2n) is 4.01. The molecule has 0 unspecified atom stereocenters. The molecule has 0 aromatic rings. The van der Waals surface area contributed by atoms with Gasteiger partial charge in [0.1, 0.15) is 0 Å². The van der Waals surface area contributed by atoms with Crippen LogP contribution in [-0.4, -0.2) is 62.4 Å². The molecular weight excluding hydrogens is 152 g/mol. The lowest BCUT2D eigenvalue weighted by molar-refractivity contribution is 0.0967. The van der Waals surface area contributed by atoms with Crippen LogP contribution in [0.5, 0.6) is 0 Å². The summed E-state index contributed by atoms with van der Waals surface area (Å²) in [7, 11) is 4.31. The molecule has 2 heterocycles. The largest absolute Gasteiger partial charge is 0.299 e. The molecule has 0 bridgehead atoms. The summed E-state index contributed by atoms with van der Waals surface area (Å²) in [6, 6.07) is 1.28. The van der Waals surface area contributed by atoms with E-state index in [1.165, 1.54) is 13.1 Å². The van der Waals surface area contributed by atoms with Crippen LogP contribution in [0.4, 0.5) is 0 Å². The van der Waals surface area contributed by atoms with Gasteiger partial charge in [0.25, 0.3) is 0 Å². The monoisotopic (exact) mass is 170 g/mol. The minimum absolute atomic E-state index is 0.639. The standard InChI is InChI=1S/C8H18N4/c1-11-3-7-8(9-5-11)4-12(2)6-10-7/h7-10H,3-6H2,1-2H3/t7-,8-/m1/s1. The van der Waals surface area contributed by atoms with Crippen LogP contribution in [0.2, 0.25) is 0 Å². The number of rotatable bonds is 0. The molecule has 4 nitrogen and oxygen atoms in total. The summed E-state index contributed by atoms with van der Waals surface area (Å²) in [5.41, 5.74) is 0. The normalized spacial score (nSPS) is 39.5. The van der Waals surface area contributed by atoms with E-state index in [-0.39, 0.29) is 0 Å². The van der Waals surface area contributed by atoms with Crippen LogP contribution in [0.25, 0.3) is 0 Å². The lowest BCUT2D eigenvalue weighted by Gasteiger charge is -2.44. The highest BCUT2D eigenvalue weighted by atomic mass is 15.3. The molecule has 2 N–H and O–H groups in total. The van der Waals surface area contributed by atoms with Gasteiger partial charge in [-0.1, -0.05) is 0 Å². The van der Waals surface area contributed by atoms with Crippen molar-refractivity contribution in [1.29, 1.82) is 0 Å². The topological polar surface area (TPSA) is 30.5 Å². The van der Waals surface area contributed by atoms with Crippen molar-refractivity contribution < 1.29 is 0 Å². The van der Waals surface area contributed by atoms with E-state index in [4.69, 9.17) is 0 Å². The van der Waals surface area contributed by atoms with Gasteiger partial charge in [0.05, 0.1) is 0 Å². The average molecular weight is 170 g/mol. The van der Waals surface area contributed by atoms with Crippen molar-refractivity contribution in [2.24, 2.45) is 0 Å². The lowest BCUT2D eigenvalue weighted by Crippen LogP contribution is -2.67. The Morgan fingerprint density at radius 1 is 0.917 bits per heavy atom. The Morgan fingerprint density at radius 2 is 1.33 bits per heavy atom. The van der Waals surface area contributed by atoms with Gasteiger partial charge in [0.15, 0.2) is 0 Å². The highest BCUT2D eigenvalue weighted by Crippen LogP contribution is 2.07. The predicted molar refractivity (Wildman–Crippen MR) is 48.8 cm³/mol.